The fourth-order valence-electron chi connectivity index (χ4n) is 1.95. The second-order valence-electron chi connectivity index (χ2n) is 4.50. The Labute approximate surface area is 108 Å². The summed E-state index contributed by atoms with van der Waals surface area (Å²) in [6.45, 7) is 8.72. The van der Waals surface area contributed by atoms with E-state index in [0.717, 1.165) is 31.0 Å². The van der Waals surface area contributed by atoms with Gasteiger partial charge in [0, 0.05) is 31.5 Å². The van der Waals surface area contributed by atoms with Crippen LogP contribution in [0.4, 0.5) is 0 Å². The van der Waals surface area contributed by atoms with Gasteiger partial charge in [0.1, 0.15) is 0 Å². The topological polar surface area (TPSA) is 42.7 Å². The van der Waals surface area contributed by atoms with Crippen LogP contribution in [0.25, 0.3) is 0 Å². The lowest BCUT2D eigenvalue weighted by Crippen LogP contribution is -2.16. The lowest BCUT2D eigenvalue weighted by molar-refractivity contribution is 0.579. The molecule has 4 heteroatoms. The molecule has 0 bridgehead atoms. The van der Waals surface area contributed by atoms with Crippen molar-refractivity contribution in [3.8, 4) is 0 Å². The van der Waals surface area contributed by atoms with Gasteiger partial charge in [-0.1, -0.05) is 6.07 Å². The zero-order chi connectivity index (χ0) is 13.0. The van der Waals surface area contributed by atoms with Gasteiger partial charge < -0.3 is 5.32 Å². The molecular weight excluding hydrogens is 224 g/mol. The minimum absolute atomic E-state index is 0.835. The molecule has 0 saturated carbocycles. The maximum absolute atomic E-state index is 4.43. The molecular formula is C14H20N4. The van der Waals surface area contributed by atoms with E-state index >= 15 is 0 Å². The van der Waals surface area contributed by atoms with Gasteiger partial charge >= 0.3 is 0 Å². The summed E-state index contributed by atoms with van der Waals surface area (Å²) >= 11 is 0. The lowest BCUT2D eigenvalue weighted by atomic mass is 10.2. The van der Waals surface area contributed by atoms with Crippen molar-refractivity contribution in [2.45, 2.75) is 40.4 Å². The maximum Gasteiger partial charge on any atom is 0.0597 e. The molecule has 0 fully saturated rings. The Bertz CT molecular complexity index is 499. The SMILES string of the molecule is CCn1nc(C)cc1CNCc1ccc(C)nc1. The van der Waals surface area contributed by atoms with Crippen molar-refractivity contribution < 1.29 is 0 Å². The molecule has 0 aliphatic carbocycles. The molecule has 0 aliphatic rings. The predicted molar refractivity (Wildman–Crippen MR) is 72.2 cm³/mol. The smallest absolute Gasteiger partial charge is 0.0597 e. The predicted octanol–water partition coefficient (Wildman–Crippen LogP) is 2.20. The van der Waals surface area contributed by atoms with Crippen LogP contribution in [0.5, 0.6) is 0 Å². The average molecular weight is 244 g/mol. The van der Waals surface area contributed by atoms with E-state index in [1.165, 1.54) is 11.3 Å². The number of nitrogens with one attached hydrogen (secondary N) is 1. The standard InChI is InChI=1S/C14H20N4/c1-4-18-14(7-12(3)17-18)10-15-8-13-6-5-11(2)16-9-13/h5-7,9,15H,4,8,10H2,1-3H3. The summed E-state index contributed by atoms with van der Waals surface area (Å²) in [4.78, 5) is 4.29. The van der Waals surface area contributed by atoms with E-state index in [1.54, 1.807) is 0 Å². The maximum atomic E-state index is 4.43. The van der Waals surface area contributed by atoms with Crippen molar-refractivity contribution in [1.82, 2.24) is 20.1 Å². The molecule has 0 atom stereocenters. The van der Waals surface area contributed by atoms with Crippen LogP contribution in [0.2, 0.25) is 0 Å². The van der Waals surface area contributed by atoms with Gasteiger partial charge in [-0.2, -0.15) is 5.10 Å². The lowest BCUT2D eigenvalue weighted by Gasteiger charge is -2.06. The highest BCUT2D eigenvalue weighted by Gasteiger charge is 2.03. The second-order valence-corrected chi connectivity index (χ2v) is 4.50. The molecule has 4 nitrogen and oxygen atoms in total. The van der Waals surface area contributed by atoms with Gasteiger partial charge in [0.15, 0.2) is 0 Å². The third-order valence-corrected chi connectivity index (χ3v) is 2.89. The summed E-state index contributed by atoms with van der Waals surface area (Å²) < 4.78 is 2.04. The fraction of sp³-hybridized carbons (Fsp3) is 0.429. The van der Waals surface area contributed by atoms with Gasteiger partial charge in [0.05, 0.1) is 11.4 Å². The number of nitrogens with zero attached hydrogens (tertiary/aromatic N) is 3. The van der Waals surface area contributed by atoms with Crippen LogP contribution in [0.3, 0.4) is 0 Å². The Morgan fingerprint density at radius 1 is 1.17 bits per heavy atom. The van der Waals surface area contributed by atoms with Crippen molar-refractivity contribution in [1.29, 1.82) is 0 Å². The van der Waals surface area contributed by atoms with Gasteiger partial charge in [-0.05, 0) is 38.5 Å². The van der Waals surface area contributed by atoms with Gasteiger partial charge in [-0.25, -0.2) is 0 Å². The number of rotatable bonds is 5. The Morgan fingerprint density at radius 2 is 2.00 bits per heavy atom. The molecule has 2 heterocycles. The molecule has 1 N–H and O–H groups in total. The van der Waals surface area contributed by atoms with Gasteiger partial charge in [-0.15, -0.1) is 0 Å². The molecule has 2 aromatic rings. The number of pyridine rings is 1. The van der Waals surface area contributed by atoms with Crippen LogP contribution < -0.4 is 5.32 Å². The van der Waals surface area contributed by atoms with E-state index in [4.69, 9.17) is 0 Å². The van der Waals surface area contributed by atoms with E-state index < -0.39 is 0 Å². The van der Waals surface area contributed by atoms with E-state index in [9.17, 15) is 0 Å². The highest BCUT2D eigenvalue weighted by atomic mass is 15.3. The van der Waals surface area contributed by atoms with Crippen molar-refractivity contribution in [2.75, 3.05) is 0 Å². The monoisotopic (exact) mass is 244 g/mol. The minimum atomic E-state index is 0.835. The third-order valence-electron chi connectivity index (χ3n) is 2.89. The number of hydrogen-bond acceptors (Lipinski definition) is 3. The highest BCUT2D eigenvalue weighted by molar-refractivity contribution is 5.13. The molecule has 18 heavy (non-hydrogen) atoms. The van der Waals surface area contributed by atoms with E-state index in [-0.39, 0.29) is 0 Å². The van der Waals surface area contributed by atoms with Crippen molar-refractivity contribution in [2.24, 2.45) is 0 Å². The van der Waals surface area contributed by atoms with Crippen LogP contribution in [0, 0.1) is 13.8 Å². The molecule has 0 unspecified atom stereocenters. The molecule has 96 valence electrons. The Kier molecular flexibility index (Phi) is 4.10. The first-order valence-electron chi connectivity index (χ1n) is 6.34. The second kappa shape index (κ2) is 5.78. The summed E-state index contributed by atoms with van der Waals surface area (Å²) in [5.41, 5.74) is 4.57. The first kappa shape index (κ1) is 12.8. The number of hydrogen-bond donors (Lipinski definition) is 1. The zero-order valence-corrected chi connectivity index (χ0v) is 11.3. The van der Waals surface area contributed by atoms with Gasteiger partial charge in [0.25, 0.3) is 0 Å². The van der Waals surface area contributed by atoms with Crippen molar-refractivity contribution in [3.05, 3.63) is 47.0 Å². The summed E-state index contributed by atoms with van der Waals surface area (Å²) in [5, 5.41) is 7.86. The highest BCUT2D eigenvalue weighted by Crippen LogP contribution is 2.04. The molecule has 0 amide bonds. The fourth-order valence-corrected chi connectivity index (χ4v) is 1.95. The zero-order valence-electron chi connectivity index (χ0n) is 11.3. The first-order valence-corrected chi connectivity index (χ1v) is 6.34. The summed E-state index contributed by atoms with van der Waals surface area (Å²) in [6, 6.07) is 6.28. The van der Waals surface area contributed by atoms with Crippen LogP contribution >= 0.6 is 0 Å². The molecule has 0 saturated heterocycles. The Balaban J connectivity index is 1.90. The van der Waals surface area contributed by atoms with Crippen LogP contribution in [-0.2, 0) is 19.6 Å². The van der Waals surface area contributed by atoms with Crippen LogP contribution in [0.15, 0.2) is 24.4 Å². The molecule has 0 aliphatic heterocycles. The van der Waals surface area contributed by atoms with E-state index in [0.29, 0.717) is 0 Å². The summed E-state index contributed by atoms with van der Waals surface area (Å²) in [6.07, 6.45) is 1.92. The first-order chi connectivity index (χ1) is 8.69. The Morgan fingerprint density at radius 3 is 2.67 bits per heavy atom. The van der Waals surface area contributed by atoms with E-state index in [1.807, 2.05) is 30.8 Å². The molecule has 0 spiro atoms. The van der Waals surface area contributed by atoms with Crippen molar-refractivity contribution >= 4 is 0 Å². The Hall–Kier alpha value is -1.68. The number of aromatic nitrogens is 3. The van der Waals surface area contributed by atoms with Gasteiger partial charge in [0.2, 0.25) is 0 Å². The minimum Gasteiger partial charge on any atom is -0.307 e. The van der Waals surface area contributed by atoms with Crippen LogP contribution in [-0.4, -0.2) is 14.8 Å². The molecule has 2 aromatic heterocycles. The van der Waals surface area contributed by atoms with E-state index in [2.05, 4.69) is 34.5 Å². The third kappa shape index (κ3) is 3.17. The average Bonchev–Trinajstić information content (AvgIpc) is 2.72. The van der Waals surface area contributed by atoms with Gasteiger partial charge in [-0.3, -0.25) is 9.67 Å². The largest absolute Gasteiger partial charge is 0.307 e. The van der Waals surface area contributed by atoms with Crippen molar-refractivity contribution in [3.63, 3.8) is 0 Å². The summed E-state index contributed by atoms with van der Waals surface area (Å²) in [5.74, 6) is 0. The normalized spacial score (nSPS) is 10.8. The quantitative estimate of drug-likeness (QED) is 0.877. The van der Waals surface area contributed by atoms with Crippen LogP contribution in [0.1, 0.15) is 29.6 Å². The molecule has 0 aromatic carbocycles. The molecule has 0 radical (unpaired) electrons. The number of aryl methyl sites for hydroxylation is 3. The summed E-state index contributed by atoms with van der Waals surface area (Å²) in [7, 11) is 0. The molecule has 2 rings (SSSR count).